The molecule has 24 heavy (non-hydrogen) atoms. The van der Waals surface area contributed by atoms with E-state index in [0.717, 1.165) is 31.6 Å². The van der Waals surface area contributed by atoms with Gasteiger partial charge in [-0.1, -0.05) is 6.07 Å². The Balaban J connectivity index is 1.96. The molecule has 1 aliphatic heterocycles. The predicted octanol–water partition coefficient (Wildman–Crippen LogP) is 2.46. The zero-order valence-electron chi connectivity index (χ0n) is 14.4. The number of hydrogen-bond acceptors (Lipinski definition) is 4. The Morgan fingerprint density at radius 1 is 1.21 bits per heavy atom. The van der Waals surface area contributed by atoms with E-state index in [1.165, 1.54) is 6.07 Å². The number of carbonyl (C=O) groups is 2. The first kappa shape index (κ1) is 18.0. The van der Waals surface area contributed by atoms with Crippen LogP contribution in [0.3, 0.4) is 0 Å². The normalized spacial score (nSPS) is 14.4. The summed E-state index contributed by atoms with van der Waals surface area (Å²) in [6, 6.07) is 4.28. The lowest BCUT2D eigenvalue weighted by Gasteiger charge is -2.22. The van der Waals surface area contributed by atoms with Gasteiger partial charge in [0.2, 0.25) is 5.91 Å². The highest BCUT2D eigenvalue weighted by atomic mass is 19.1. The lowest BCUT2D eigenvalue weighted by atomic mass is 10.1. The molecule has 0 saturated carbocycles. The zero-order chi connectivity index (χ0) is 17.7. The quantitative estimate of drug-likeness (QED) is 0.790. The summed E-state index contributed by atoms with van der Waals surface area (Å²) < 4.78 is 14.1. The average Bonchev–Trinajstić information content (AvgIpc) is 2.97. The number of nitrogens with one attached hydrogen (secondary N) is 3. The van der Waals surface area contributed by atoms with Crippen LogP contribution in [0.25, 0.3) is 0 Å². The molecule has 1 aliphatic rings. The van der Waals surface area contributed by atoms with Gasteiger partial charge in [-0.05, 0) is 45.7 Å². The Labute approximate surface area is 141 Å². The van der Waals surface area contributed by atoms with Crippen molar-refractivity contribution in [1.29, 1.82) is 0 Å². The molecule has 6 nitrogen and oxygen atoms in total. The average molecular weight is 336 g/mol. The number of amides is 3. The summed E-state index contributed by atoms with van der Waals surface area (Å²) in [6.07, 6.45) is 2.15. The van der Waals surface area contributed by atoms with Crippen LogP contribution < -0.4 is 20.9 Å². The number of carbonyl (C=O) groups excluding carboxylic acids is 2. The van der Waals surface area contributed by atoms with Crippen LogP contribution in [0.5, 0.6) is 0 Å². The highest BCUT2D eigenvalue weighted by Gasteiger charge is 2.19. The summed E-state index contributed by atoms with van der Waals surface area (Å²) >= 11 is 0. The molecule has 1 saturated heterocycles. The fourth-order valence-corrected chi connectivity index (χ4v) is 2.62. The first-order valence-electron chi connectivity index (χ1n) is 8.15. The molecule has 1 fully saturated rings. The smallest absolute Gasteiger partial charge is 0.321 e. The molecule has 132 valence electrons. The summed E-state index contributed by atoms with van der Waals surface area (Å²) in [6.45, 7) is 7.01. The number of imide groups is 1. The van der Waals surface area contributed by atoms with Crippen molar-refractivity contribution in [2.24, 2.45) is 0 Å². The minimum atomic E-state index is -0.567. The standard InChI is InChI=1S/C17H25FN4O2/c1-17(2,3)21-16(24)20-14(23)11-19-15-12(18)7-6-8-13(15)22-9-4-5-10-22/h6-8,19H,4-5,9-11H2,1-3H3,(H2,20,21,23,24). The lowest BCUT2D eigenvalue weighted by molar-refractivity contribution is -0.118. The van der Waals surface area contributed by atoms with Gasteiger partial charge in [0.05, 0.1) is 17.9 Å². The van der Waals surface area contributed by atoms with Crippen molar-refractivity contribution >= 4 is 23.3 Å². The molecule has 0 unspecified atom stereocenters. The molecular weight excluding hydrogens is 311 g/mol. The van der Waals surface area contributed by atoms with E-state index in [4.69, 9.17) is 0 Å². The molecule has 7 heteroatoms. The van der Waals surface area contributed by atoms with Crippen LogP contribution in [0.1, 0.15) is 33.6 Å². The van der Waals surface area contributed by atoms with Crippen LogP contribution in [0, 0.1) is 5.82 Å². The molecule has 1 aromatic rings. The van der Waals surface area contributed by atoms with Crippen LogP contribution in [-0.4, -0.2) is 37.1 Å². The number of urea groups is 1. The summed E-state index contributed by atoms with van der Waals surface area (Å²) in [5.41, 5.74) is 0.608. The molecule has 0 atom stereocenters. The summed E-state index contributed by atoms with van der Waals surface area (Å²) in [5.74, 6) is -0.932. The summed E-state index contributed by atoms with van der Waals surface area (Å²) in [4.78, 5) is 25.6. The first-order chi connectivity index (χ1) is 11.3. The molecule has 1 aromatic carbocycles. The first-order valence-corrected chi connectivity index (χ1v) is 8.15. The monoisotopic (exact) mass is 336 g/mol. The van der Waals surface area contributed by atoms with Gasteiger partial charge in [0.1, 0.15) is 5.82 Å². The van der Waals surface area contributed by atoms with Gasteiger partial charge in [0.25, 0.3) is 0 Å². The molecular formula is C17H25FN4O2. The maximum atomic E-state index is 14.1. The van der Waals surface area contributed by atoms with E-state index in [1.54, 1.807) is 6.07 Å². The van der Waals surface area contributed by atoms with Crippen molar-refractivity contribution < 1.29 is 14.0 Å². The SMILES string of the molecule is CC(C)(C)NC(=O)NC(=O)CNc1c(F)cccc1N1CCCC1. The maximum absolute atomic E-state index is 14.1. The second kappa shape index (κ2) is 7.51. The Hall–Kier alpha value is -2.31. The van der Waals surface area contributed by atoms with E-state index in [-0.39, 0.29) is 6.54 Å². The van der Waals surface area contributed by atoms with Crippen molar-refractivity contribution in [3.8, 4) is 0 Å². The van der Waals surface area contributed by atoms with Crippen molar-refractivity contribution in [3.05, 3.63) is 24.0 Å². The highest BCUT2D eigenvalue weighted by molar-refractivity contribution is 5.96. The van der Waals surface area contributed by atoms with Crippen LogP contribution in [0.4, 0.5) is 20.6 Å². The highest BCUT2D eigenvalue weighted by Crippen LogP contribution is 2.30. The second-order valence-electron chi connectivity index (χ2n) is 6.93. The molecule has 0 aliphatic carbocycles. The minimum Gasteiger partial charge on any atom is -0.372 e. The van der Waals surface area contributed by atoms with E-state index in [9.17, 15) is 14.0 Å². The molecule has 0 aromatic heterocycles. The lowest BCUT2D eigenvalue weighted by Crippen LogP contribution is -2.49. The number of anilines is 2. The Morgan fingerprint density at radius 3 is 2.50 bits per heavy atom. The van der Waals surface area contributed by atoms with Crippen LogP contribution >= 0.6 is 0 Å². The van der Waals surface area contributed by atoms with Gasteiger partial charge < -0.3 is 15.5 Å². The van der Waals surface area contributed by atoms with Gasteiger partial charge in [-0.2, -0.15) is 0 Å². The third-order valence-corrected chi connectivity index (χ3v) is 3.61. The van der Waals surface area contributed by atoms with Crippen molar-refractivity contribution in [3.63, 3.8) is 0 Å². The third kappa shape index (κ3) is 5.11. The van der Waals surface area contributed by atoms with Gasteiger partial charge in [0.15, 0.2) is 0 Å². The van der Waals surface area contributed by atoms with E-state index in [0.29, 0.717) is 5.69 Å². The summed E-state index contributed by atoms with van der Waals surface area (Å²) in [5, 5.41) is 7.68. The van der Waals surface area contributed by atoms with Crippen LogP contribution in [0.15, 0.2) is 18.2 Å². The zero-order valence-corrected chi connectivity index (χ0v) is 14.4. The summed E-state index contributed by atoms with van der Waals surface area (Å²) in [7, 11) is 0. The van der Waals surface area contributed by atoms with Crippen LogP contribution in [-0.2, 0) is 4.79 Å². The van der Waals surface area contributed by atoms with Gasteiger partial charge in [0, 0.05) is 18.6 Å². The fourth-order valence-electron chi connectivity index (χ4n) is 2.62. The maximum Gasteiger partial charge on any atom is 0.321 e. The number of nitrogens with zero attached hydrogens (tertiary/aromatic N) is 1. The fraction of sp³-hybridized carbons (Fsp3) is 0.529. The Morgan fingerprint density at radius 2 is 1.88 bits per heavy atom. The molecule has 2 rings (SSSR count). The van der Waals surface area contributed by atoms with Crippen molar-refractivity contribution in [2.75, 3.05) is 29.9 Å². The number of rotatable bonds is 4. The molecule has 3 N–H and O–H groups in total. The van der Waals surface area contributed by atoms with Crippen molar-refractivity contribution in [2.45, 2.75) is 39.2 Å². The molecule has 0 radical (unpaired) electrons. The van der Waals surface area contributed by atoms with Crippen molar-refractivity contribution in [1.82, 2.24) is 10.6 Å². The largest absolute Gasteiger partial charge is 0.372 e. The van der Waals surface area contributed by atoms with E-state index >= 15 is 0 Å². The van der Waals surface area contributed by atoms with E-state index in [2.05, 4.69) is 20.9 Å². The van der Waals surface area contributed by atoms with Gasteiger partial charge >= 0.3 is 6.03 Å². The molecule has 3 amide bonds. The number of halogens is 1. The van der Waals surface area contributed by atoms with E-state index < -0.39 is 23.3 Å². The second-order valence-corrected chi connectivity index (χ2v) is 6.93. The number of benzene rings is 1. The van der Waals surface area contributed by atoms with Crippen LogP contribution in [0.2, 0.25) is 0 Å². The molecule has 0 spiro atoms. The Kier molecular flexibility index (Phi) is 5.64. The predicted molar refractivity (Wildman–Crippen MR) is 92.8 cm³/mol. The molecule has 1 heterocycles. The number of hydrogen-bond donors (Lipinski definition) is 3. The topological polar surface area (TPSA) is 73.5 Å². The minimum absolute atomic E-state index is 0.181. The number of para-hydroxylation sites is 1. The third-order valence-electron chi connectivity index (χ3n) is 3.61. The van der Waals surface area contributed by atoms with Gasteiger partial charge in [-0.25, -0.2) is 9.18 Å². The van der Waals surface area contributed by atoms with Gasteiger partial charge in [-0.15, -0.1) is 0 Å². The Bertz CT molecular complexity index is 607. The van der Waals surface area contributed by atoms with E-state index in [1.807, 2.05) is 26.8 Å². The van der Waals surface area contributed by atoms with Gasteiger partial charge in [-0.3, -0.25) is 10.1 Å². The molecule has 0 bridgehead atoms.